The van der Waals surface area contributed by atoms with E-state index in [2.05, 4.69) is 109 Å². The van der Waals surface area contributed by atoms with Crippen LogP contribution in [0.1, 0.15) is 27.8 Å². The van der Waals surface area contributed by atoms with Crippen molar-refractivity contribution in [2.24, 2.45) is 0 Å². The standard InChI is InChI=1S/C45H28N4/c46-29-33-28-40-41(37-21-11-10-20-36(33)37)38-22-12-13-23-39(38)45(40,34-18-8-3-9-19-34)35-26-24-32(25-27-35)44-48-42(30-14-4-1-5-15-30)47-43(49-44)31-16-6-2-7-17-31/h1-28H. The Bertz CT molecular complexity index is 2480. The fraction of sp³-hybridized carbons (Fsp3) is 0.0222. The normalized spacial score (nSPS) is 14.6. The van der Waals surface area contributed by atoms with Gasteiger partial charge in [-0.3, -0.25) is 0 Å². The Kier molecular flexibility index (Phi) is 6.71. The van der Waals surface area contributed by atoms with Crippen molar-refractivity contribution in [2.45, 2.75) is 5.41 Å². The summed E-state index contributed by atoms with van der Waals surface area (Å²) in [7, 11) is 0. The van der Waals surface area contributed by atoms with Crippen molar-refractivity contribution in [1.29, 1.82) is 5.26 Å². The van der Waals surface area contributed by atoms with Crippen LogP contribution in [0.2, 0.25) is 0 Å². The molecule has 9 rings (SSSR count). The van der Waals surface area contributed by atoms with Crippen LogP contribution in [-0.2, 0) is 5.41 Å². The first-order valence-corrected chi connectivity index (χ1v) is 16.4. The summed E-state index contributed by atoms with van der Waals surface area (Å²) in [6, 6.07) is 60.9. The van der Waals surface area contributed by atoms with Gasteiger partial charge < -0.3 is 0 Å². The third-order valence-corrected chi connectivity index (χ3v) is 9.65. The van der Waals surface area contributed by atoms with Gasteiger partial charge in [-0.2, -0.15) is 5.26 Å². The van der Waals surface area contributed by atoms with Crippen molar-refractivity contribution in [3.05, 3.63) is 198 Å². The van der Waals surface area contributed by atoms with E-state index in [0.717, 1.165) is 44.2 Å². The monoisotopic (exact) mass is 624 g/mol. The number of nitrogens with zero attached hydrogens (tertiary/aromatic N) is 4. The zero-order valence-electron chi connectivity index (χ0n) is 26.5. The highest BCUT2D eigenvalue weighted by atomic mass is 15.0. The molecule has 1 atom stereocenters. The molecule has 8 aromatic rings. The molecule has 0 bridgehead atoms. The predicted molar refractivity (Wildman–Crippen MR) is 196 cm³/mol. The number of hydrogen-bond donors (Lipinski definition) is 0. The van der Waals surface area contributed by atoms with Crippen LogP contribution in [0.5, 0.6) is 0 Å². The molecule has 1 heterocycles. The summed E-state index contributed by atoms with van der Waals surface area (Å²) >= 11 is 0. The van der Waals surface area contributed by atoms with Gasteiger partial charge in [-0.05, 0) is 44.8 Å². The van der Waals surface area contributed by atoms with Crippen molar-refractivity contribution >= 4 is 10.8 Å². The van der Waals surface area contributed by atoms with Crippen LogP contribution in [0.3, 0.4) is 0 Å². The smallest absolute Gasteiger partial charge is 0.164 e. The van der Waals surface area contributed by atoms with Gasteiger partial charge in [-0.25, -0.2) is 15.0 Å². The number of benzene rings is 7. The van der Waals surface area contributed by atoms with Crippen LogP contribution in [-0.4, -0.2) is 15.0 Å². The number of nitriles is 1. The van der Waals surface area contributed by atoms with Crippen LogP contribution in [0.4, 0.5) is 0 Å². The lowest BCUT2D eigenvalue weighted by Crippen LogP contribution is -2.28. The SMILES string of the molecule is N#Cc1cc2c(c3ccccc13)-c1ccccc1C2(c1ccccc1)c1ccc(-c2nc(-c3ccccc3)nc(-c3ccccc3)n2)cc1. The summed E-state index contributed by atoms with van der Waals surface area (Å²) in [6.07, 6.45) is 0. The van der Waals surface area contributed by atoms with E-state index < -0.39 is 5.41 Å². The zero-order valence-corrected chi connectivity index (χ0v) is 26.5. The molecule has 1 aliphatic rings. The highest BCUT2D eigenvalue weighted by molar-refractivity contribution is 6.06. The second-order valence-corrected chi connectivity index (χ2v) is 12.3. The molecule has 49 heavy (non-hydrogen) atoms. The van der Waals surface area contributed by atoms with Gasteiger partial charge in [0, 0.05) is 22.1 Å². The van der Waals surface area contributed by atoms with Crippen molar-refractivity contribution in [3.8, 4) is 51.4 Å². The maximum Gasteiger partial charge on any atom is 0.164 e. The van der Waals surface area contributed by atoms with Crippen molar-refractivity contribution in [1.82, 2.24) is 15.0 Å². The number of hydrogen-bond acceptors (Lipinski definition) is 4. The first kappa shape index (κ1) is 28.5. The van der Waals surface area contributed by atoms with Crippen molar-refractivity contribution in [3.63, 3.8) is 0 Å². The minimum Gasteiger partial charge on any atom is -0.208 e. The molecular weight excluding hydrogens is 597 g/mol. The fourth-order valence-corrected chi connectivity index (χ4v) is 7.51. The van der Waals surface area contributed by atoms with Crippen LogP contribution in [0, 0.1) is 11.3 Å². The third-order valence-electron chi connectivity index (χ3n) is 9.65. The van der Waals surface area contributed by atoms with E-state index in [-0.39, 0.29) is 0 Å². The molecule has 1 unspecified atom stereocenters. The van der Waals surface area contributed by atoms with Crippen molar-refractivity contribution < 1.29 is 0 Å². The van der Waals surface area contributed by atoms with Gasteiger partial charge in [-0.1, -0.05) is 164 Å². The third kappa shape index (κ3) is 4.48. The summed E-state index contributed by atoms with van der Waals surface area (Å²) in [6.45, 7) is 0. The predicted octanol–water partition coefficient (Wildman–Crippen LogP) is 10.3. The van der Waals surface area contributed by atoms with Gasteiger partial charge >= 0.3 is 0 Å². The molecular formula is C45H28N4. The molecule has 4 heteroatoms. The Balaban J connectivity index is 1.28. The number of fused-ring (bicyclic) bond motifs is 5. The molecule has 0 spiro atoms. The maximum atomic E-state index is 10.4. The van der Waals surface area contributed by atoms with Crippen molar-refractivity contribution in [2.75, 3.05) is 0 Å². The highest BCUT2D eigenvalue weighted by Gasteiger charge is 2.47. The molecule has 0 amide bonds. The first-order valence-electron chi connectivity index (χ1n) is 16.4. The van der Waals surface area contributed by atoms with Gasteiger partial charge in [0.2, 0.25) is 0 Å². The van der Waals surface area contributed by atoms with Gasteiger partial charge in [0.15, 0.2) is 17.5 Å². The van der Waals surface area contributed by atoms with E-state index in [1.54, 1.807) is 0 Å². The first-order chi connectivity index (χ1) is 24.3. The molecule has 0 N–H and O–H groups in total. The topological polar surface area (TPSA) is 62.5 Å². The van der Waals surface area contributed by atoms with E-state index >= 15 is 0 Å². The van der Waals surface area contributed by atoms with E-state index in [4.69, 9.17) is 15.0 Å². The van der Waals surface area contributed by atoms with E-state index in [9.17, 15) is 5.26 Å². The summed E-state index contributed by atoms with van der Waals surface area (Å²) in [5.74, 6) is 1.87. The van der Waals surface area contributed by atoms with E-state index in [1.165, 1.54) is 16.7 Å². The second kappa shape index (κ2) is 11.5. The maximum absolute atomic E-state index is 10.4. The fourth-order valence-electron chi connectivity index (χ4n) is 7.51. The van der Waals surface area contributed by atoms with E-state index in [0.29, 0.717) is 23.0 Å². The van der Waals surface area contributed by atoms with Gasteiger partial charge in [0.05, 0.1) is 17.0 Å². The Morgan fingerprint density at radius 1 is 0.429 bits per heavy atom. The van der Waals surface area contributed by atoms with E-state index in [1.807, 2.05) is 66.7 Å². The zero-order chi connectivity index (χ0) is 32.8. The molecule has 0 saturated heterocycles. The molecule has 1 aliphatic carbocycles. The molecule has 4 nitrogen and oxygen atoms in total. The number of aromatic nitrogens is 3. The molecule has 0 radical (unpaired) electrons. The summed E-state index contributed by atoms with van der Waals surface area (Å²) < 4.78 is 0. The van der Waals surface area contributed by atoms with Gasteiger partial charge in [-0.15, -0.1) is 0 Å². The summed E-state index contributed by atoms with van der Waals surface area (Å²) in [5, 5.41) is 12.5. The van der Waals surface area contributed by atoms with Crippen LogP contribution >= 0.6 is 0 Å². The van der Waals surface area contributed by atoms with Crippen LogP contribution < -0.4 is 0 Å². The summed E-state index contributed by atoms with van der Waals surface area (Å²) in [4.78, 5) is 14.8. The Hall–Kier alpha value is -6.70. The molecule has 0 aliphatic heterocycles. The minimum absolute atomic E-state index is 0.609. The summed E-state index contributed by atoms with van der Waals surface area (Å²) in [5.41, 5.74) is 9.70. The quantitative estimate of drug-likeness (QED) is 0.191. The average Bonchev–Trinajstić information content (AvgIpc) is 3.49. The molecule has 228 valence electrons. The number of rotatable bonds is 5. The largest absolute Gasteiger partial charge is 0.208 e. The molecule has 1 aromatic heterocycles. The lowest BCUT2D eigenvalue weighted by atomic mass is 9.67. The molecule has 0 saturated carbocycles. The Morgan fingerprint density at radius 2 is 0.898 bits per heavy atom. The molecule has 0 fully saturated rings. The lowest BCUT2D eigenvalue weighted by Gasteiger charge is -2.34. The minimum atomic E-state index is -0.648. The van der Waals surface area contributed by atoms with Crippen LogP contribution in [0.15, 0.2) is 170 Å². The second-order valence-electron chi connectivity index (χ2n) is 12.3. The molecule has 7 aromatic carbocycles. The Labute approximate surface area is 284 Å². The highest BCUT2D eigenvalue weighted by Crippen LogP contribution is 2.58. The van der Waals surface area contributed by atoms with Gasteiger partial charge in [0.25, 0.3) is 0 Å². The Morgan fingerprint density at radius 3 is 1.49 bits per heavy atom. The average molecular weight is 625 g/mol. The van der Waals surface area contributed by atoms with Crippen LogP contribution in [0.25, 0.3) is 56.1 Å². The lowest BCUT2D eigenvalue weighted by molar-refractivity contribution is 0.769. The van der Waals surface area contributed by atoms with Gasteiger partial charge in [0.1, 0.15) is 0 Å².